The largest absolute Gasteiger partial charge is 0.465 e. The molecule has 0 aliphatic carbocycles. The number of rotatable bonds is 4. The van der Waals surface area contributed by atoms with Crippen LogP contribution in [0.5, 0.6) is 0 Å². The summed E-state index contributed by atoms with van der Waals surface area (Å²) in [6, 6.07) is 10.4. The Morgan fingerprint density at radius 1 is 1.07 bits per heavy atom. The number of carboxylic acid groups (broad SMARTS) is 1. The van der Waals surface area contributed by atoms with Gasteiger partial charge in [-0.05, 0) is 30.2 Å². The molecular weight excluding hydrogens is 366 g/mol. The van der Waals surface area contributed by atoms with Crippen molar-refractivity contribution >= 4 is 6.09 Å². The maximum atomic E-state index is 11.8. The summed E-state index contributed by atoms with van der Waals surface area (Å²) in [5.41, 5.74) is 0.490. The second kappa shape index (κ2) is 9.02. The van der Waals surface area contributed by atoms with Gasteiger partial charge in [-0.25, -0.2) is 4.79 Å². The summed E-state index contributed by atoms with van der Waals surface area (Å²) in [6.07, 6.45) is 1.51. The molecule has 0 saturated carbocycles. The average Bonchev–Trinajstić information content (AvgIpc) is 2.87. The smallest absolute Gasteiger partial charge is 0.407 e. The van der Waals surface area contributed by atoms with Gasteiger partial charge in [0.25, 0.3) is 0 Å². The van der Waals surface area contributed by atoms with Crippen LogP contribution in [0, 0.1) is 5.41 Å². The van der Waals surface area contributed by atoms with Crippen LogP contribution in [0.25, 0.3) is 0 Å². The molecule has 0 aromatic heterocycles. The maximum Gasteiger partial charge on any atom is 0.407 e. The third-order valence-corrected chi connectivity index (χ3v) is 6.48. The Morgan fingerprint density at radius 2 is 1.72 bits per heavy atom. The molecule has 6 heteroatoms. The molecule has 1 amide bonds. The van der Waals surface area contributed by atoms with Crippen molar-refractivity contribution in [1.29, 1.82) is 0 Å². The molecular formula is C23H37N3O3. The summed E-state index contributed by atoms with van der Waals surface area (Å²) in [6.45, 7) is 11.8. The zero-order valence-electron chi connectivity index (χ0n) is 18.2. The van der Waals surface area contributed by atoms with Crippen LogP contribution in [0.15, 0.2) is 30.3 Å². The SMILES string of the molecule is CC(C)(C)C1CN(CC2(O)CCN(Cc3ccccc3)CC2)CCCN1C(=O)O. The van der Waals surface area contributed by atoms with E-state index in [1.165, 1.54) is 5.56 Å². The lowest BCUT2D eigenvalue weighted by atomic mass is 9.85. The molecule has 0 spiro atoms. The second-order valence-electron chi connectivity index (χ2n) is 9.93. The van der Waals surface area contributed by atoms with Gasteiger partial charge in [0.15, 0.2) is 0 Å². The lowest BCUT2D eigenvalue weighted by molar-refractivity contribution is -0.0500. The molecule has 2 aliphatic rings. The van der Waals surface area contributed by atoms with Gasteiger partial charge in [0.1, 0.15) is 0 Å². The highest BCUT2D eigenvalue weighted by molar-refractivity contribution is 5.65. The van der Waals surface area contributed by atoms with E-state index in [9.17, 15) is 15.0 Å². The molecule has 0 bridgehead atoms. The zero-order valence-corrected chi connectivity index (χ0v) is 18.2. The summed E-state index contributed by atoms with van der Waals surface area (Å²) in [4.78, 5) is 18.1. The molecule has 2 fully saturated rings. The molecule has 2 aliphatic heterocycles. The summed E-state index contributed by atoms with van der Waals surface area (Å²) in [7, 11) is 0. The second-order valence-corrected chi connectivity index (χ2v) is 9.93. The van der Waals surface area contributed by atoms with Crippen molar-refractivity contribution in [3.05, 3.63) is 35.9 Å². The van der Waals surface area contributed by atoms with E-state index in [1.54, 1.807) is 4.90 Å². The number of amides is 1. The van der Waals surface area contributed by atoms with Crippen LogP contribution in [0.4, 0.5) is 4.79 Å². The van der Waals surface area contributed by atoms with Crippen LogP contribution in [-0.2, 0) is 6.54 Å². The fourth-order valence-corrected chi connectivity index (χ4v) is 4.71. The number of piperidine rings is 1. The van der Waals surface area contributed by atoms with Gasteiger partial charge in [-0.15, -0.1) is 0 Å². The van der Waals surface area contributed by atoms with Crippen molar-refractivity contribution < 1.29 is 15.0 Å². The lowest BCUT2D eigenvalue weighted by Crippen LogP contribution is -2.54. The van der Waals surface area contributed by atoms with Crippen LogP contribution in [0.3, 0.4) is 0 Å². The normalized spacial score (nSPS) is 24.3. The first kappa shape index (κ1) is 22.1. The third kappa shape index (κ3) is 5.93. The number of hydrogen-bond donors (Lipinski definition) is 2. The zero-order chi connectivity index (χ0) is 21.1. The van der Waals surface area contributed by atoms with Crippen molar-refractivity contribution in [2.75, 3.05) is 39.3 Å². The van der Waals surface area contributed by atoms with Crippen molar-refractivity contribution in [3.63, 3.8) is 0 Å². The number of benzene rings is 1. The quantitative estimate of drug-likeness (QED) is 0.809. The van der Waals surface area contributed by atoms with Gasteiger partial charge in [0, 0.05) is 45.8 Å². The molecule has 3 rings (SSSR count). The molecule has 162 valence electrons. The molecule has 2 saturated heterocycles. The first-order chi connectivity index (χ1) is 13.7. The van der Waals surface area contributed by atoms with E-state index in [0.29, 0.717) is 19.6 Å². The van der Waals surface area contributed by atoms with Crippen molar-refractivity contribution in [3.8, 4) is 0 Å². The highest BCUT2D eigenvalue weighted by Crippen LogP contribution is 2.30. The number of likely N-dealkylation sites (tertiary alicyclic amines) is 1. The van der Waals surface area contributed by atoms with E-state index < -0.39 is 11.7 Å². The monoisotopic (exact) mass is 403 g/mol. The Kier molecular flexibility index (Phi) is 6.87. The predicted octanol–water partition coefficient (Wildman–Crippen LogP) is 3.11. The minimum absolute atomic E-state index is 0.0655. The van der Waals surface area contributed by atoms with Crippen LogP contribution < -0.4 is 0 Å². The summed E-state index contributed by atoms with van der Waals surface area (Å²) in [5, 5.41) is 20.9. The highest BCUT2D eigenvalue weighted by Gasteiger charge is 2.39. The summed E-state index contributed by atoms with van der Waals surface area (Å²) in [5.74, 6) is 0. The minimum Gasteiger partial charge on any atom is -0.465 e. The fourth-order valence-electron chi connectivity index (χ4n) is 4.71. The Labute approximate surface area is 175 Å². The van der Waals surface area contributed by atoms with E-state index >= 15 is 0 Å². The van der Waals surface area contributed by atoms with E-state index in [0.717, 1.165) is 45.4 Å². The van der Waals surface area contributed by atoms with Crippen LogP contribution in [0.1, 0.15) is 45.6 Å². The molecule has 2 N–H and O–H groups in total. The number of β-amino-alcohol motifs (C(OH)–C–C–N with tert-alkyl or cyclic N) is 1. The van der Waals surface area contributed by atoms with E-state index in [-0.39, 0.29) is 11.5 Å². The van der Waals surface area contributed by atoms with Crippen molar-refractivity contribution in [2.24, 2.45) is 5.41 Å². The summed E-state index contributed by atoms with van der Waals surface area (Å²) < 4.78 is 0. The number of carbonyl (C=O) groups is 1. The van der Waals surface area contributed by atoms with Gasteiger partial charge in [-0.3, -0.25) is 9.80 Å². The molecule has 29 heavy (non-hydrogen) atoms. The first-order valence-electron chi connectivity index (χ1n) is 10.9. The molecule has 1 unspecified atom stereocenters. The number of nitrogens with zero attached hydrogens (tertiary/aromatic N) is 3. The highest BCUT2D eigenvalue weighted by atomic mass is 16.4. The van der Waals surface area contributed by atoms with Gasteiger partial charge in [0.05, 0.1) is 11.6 Å². The Hall–Kier alpha value is -1.63. The third-order valence-electron chi connectivity index (χ3n) is 6.48. The number of hydrogen-bond acceptors (Lipinski definition) is 4. The predicted molar refractivity (Wildman–Crippen MR) is 115 cm³/mol. The van der Waals surface area contributed by atoms with Crippen molar-refractivity contribution in [2.45, 2.75) is 58.2 Å². The van der Waals surface area contributed by atoms with Gasteiger partial charge in [0.2, 0.25) is 0 Å². The van der Waals surface area contributed by atoms with E-state index in [2.05, 4.69) is 54.8 Å². The van der Waals surface area contributed by atoms with Crippen LogP contribution in [-0.4, -0.2) is 81.9 Å². The van der Waals surface area contributed by atoms with Gasteiger partial charge in [-0.1, -0.05) is 51.1 Å². The molecule has 0 radical (unpaired) electrons. The standard InChI is InChI=1S/C23H37N3O3/c1-22(2,3)20-17-25(12-7-13-26(20)21(27)28)18-23(29)10-14-24(15-11-23)16-19-8-5-4-6-9-19/h4-6,8-9,20,29H,7,10-18H2,1-3H3,(H,27,28). The Bertz CT molecular complexity index is 666. The Balaban J connectivity index is 1.58. The fraction of sp³-hybridized carbons (Fsp3) is 0.696. The minimum atomic E-state index is -0.834. The maximum absolute atomic E-state index is 11.8. The molecule has 1 atom stereocenters. The summed E-state index contributed by atoms with van der Waals surface area (Å²) >= 11 is 0. The average molecular weight is 404 g/mol. The van der Waals surface area contributed by atoms with Gasteiger partial charge < -0.3 is 15.1 Å². The molecule has 1 aromatic rings. The topological polar surface area (TPSA) is 67.2 Å². The first-order valence-corrected chi connectivity index (χ1v) is 10.9. The van der Waals surface area contributed by atoms with Crippen LogP contribution >= 0.6 is 0 Å². The van der Waals surface area contributed by atoms with Crippen molar-refractivity contribution in [1.82, 2.24) is 14.7 Å². The molecule has 1 aromatic carbocycles. The number of aliphatic hydroxyl groups is 1. The van der Waals surface area contributed by atoms with Gasteiger partial charge >= 0.3 is 6.09 Å². The van der Waals surface area contributed by atoms with Crippen LogP contribution in [0.2, 0.25) is 0 Å². The van der Waals surface area contributed by atoms with E-state index in [1.807, 2.05) is 6.07 Å². The van der Waals surface area contributed by atoms with Gasteiger partial charge in [-0.2, -0.15) is 0 Å². The molecule has 6 nitrogen and oxygen atoms in total. The molecule has 2 heterocycles. The lowest BCUT2D eigenvalue weighted by Gasteiger charge is -2.43. The van der Waals surface area contributed by atoms with E-state index in [4.69, 9.17) is 0 Å². The Morgan fingerprint density at radius 3 is 2.31 bits per heavy atom.